The highest BCUT2D eigenvalue weighted by Gasteiger charge is 2.20. The van der Waals surface area contributed by atoms with Crippen LogP contribution in [0.25, 0.3) is 0 Å². The summed E-state index contributed by atoms with van der Waals surface area (Å²) in [5, 5.41) is 2.54. The monoisotopic (exact) mass is 234 g/mol. The molecule has 0 spiro atoms. The van der Waals surface area contributed by atoms with Crippen LogP contribution in [-0.4, -0.2) is 30.0 Å². The van der Waals surface area contributed by atoms with Crippen molar-refractivity contribution in [1.29, 1.82) is 0 Å². The molecule has 0 saturated heterocycles. The topological polar surface area (TPSA) is 68.3 Å². The zero-order valence-corrected chi connectivity index (χ0v) is 9.55. The number of amides is 1. The Morgan fingerprint density at radius 2 is 2.35 bits per heavy atom. The summed E-state index contributed by atoms with van der Waals surface area (Å²) in [6, 6.07) is 4.24. The Bertz CT molecular complexity index is 403. The van der Waals surface area contributed by atoms with Crippen molar-refractivity contribution < 1.29 is 14.3 Å². The number of nitrogens with one attached hydrogen (secondary N) is 1. The second-order valence-electron chi connectivity index (χ2n) is 3.29. The molecule has 1 N–H and O–H groups in total. The Hall–Kier alpha value is -2.17. The lowest BCUT2D eigenvalue weighted by Gasteiger charge is -2.14. The molecular formula is C12H14N2O3. The van der Waals surface area contributed by atoms with E-state index in [4.69, 9.17) is 0 Å². The van der Waals surface area contributed by atoms with Crippen LogP contribution in [0.2, 0.25) is 0 Å². The molecule has 0 unspecified atom stereocenters. The average Bonchev–Trinajstić information content (AvgIpc) is 2.38. The van der Waals surface area contributed by atoms with Gasteiger partial charge in [-0.25, -0.2) is 4.79 Å². The molecule has 17 heavy (non-hydrogen) atoms. The lowest BCUT2D eigenvalue weighted by Crippen LogP contribution is -2.41. The lowest BCUT2D eigenvalue weighted by molar-refractivity contribution is -0.142. The summed E-state index contributed by atoms with van der Waals surface area (Å²) in [6.07, 6.45) is 3.36. The minimum atomic E-state index is -0.730. The van der Waals surface area contributed by atoms with Crippen LogP contribution in [0.1, 0.15) is 16.9 Å². The van der Waals surface area contributed by atoms with Crippen molar-refractivity contribution in [1.82, 2.24) is 10.3 Å². The number of carbonyl (C=O) groups is 2. The average molecular weight is 234 g/mol. The maximum absolute atomic E-state index is 11.7. The Morgan fingerprint density at radius 3 is 2.88 bits per heavy atom. The van der Waals surface area contributed by atoms with E-state index in [2.05, 4.69) is 21.6 Å². The van der Waals surface area contributed by atoms with Crippen molar-refractivity contribution in [2.45, 2.75) is 12.5 Å². The molecule has 0 aliphatic rings. The number of carbonyl (C=O) groups excluding carboxylic acids is 2. The molecule has 90 valence electrons. The van der Waals surface area contributed by atoms with Crippen LogP contribution in [-0.2, 0) is 9.53 Å². The number of aromatic nitrogens is 1. The van der Waals surface area contributed by atoms with Crippen LogP contribution in [0.4, 0.5) is 0 Å². The van der Waals surface area contributed by atoms with Crippen molar-refractivity contribution in [3.05, 3.63) is 42.7 Å². The fourth-order valence-corrected chi connectivity index (χ4v) is 1.25. The molecule has 5 heteroatoms. The first kappa shape index (κ1) is 12.9. The van der Waals surface area contributed by atoms with Crippen LogP contribution in [0, 0.1) is 0 Å². The number of nitrogens with zero attached hydrogens (tertiary/aromatic N) is 1. The molecule has 1 rings (SSSR count). The van der Waals surface area contributed by atoms with E-state index in [1.165, 1.54) is 13.3 Å². The maximum Gasteiger partial charge on any atom is 0.328 e. The van der Waals surface area contributed by atoms with Crippen molar-refractivity contribution in [2.75, 3.05) is 7.11 Å². The minimum Gasteiger partial charge on any atom is -0.467 e. The zero-order chi connectivity index (χ0) is 12.7. The van der Waals surface area contributed by atoms with E-state index in [9.17, 15) is 9.59 Å². The van der Waals surface area contributed by atoms with Gasteiger partial charge in [-0.15, -0.1) is 6.58 Å². The number of hydrogen-bond donors (Lipinski definition) is 1. The quantitative estimate of drug-likeness (QED) is 0.608. The normalized spacial score (nSPS) is 11.4. The second kappa shape index (κ2) is 6.42. The lowest BCUT2D eigenvalue weighted by atomic mass is 10.2. The SMILES string of the molecule is C=CC[C@H](NC(=O)c1ccccn1)C(=O)OC. The molecule has 1 aromatic rings. The van der Waals surface area contributed by atoms with E-state index in [1.54, 1.807) is 24.3 Å². The predicted octanol–water partition coefficient (Wildman–Crippen LogP) is 0.929. The van der Waals surface area contributed by atoms with E-state index in [0.29, 0.717) is 6.42 Å². The fraction of sp³-hybridized carbons (Fsp3) is 0.250. The van der Waals surface area contributed by atoms with Gasteiger partial charge in [0.25, 0.3) is 5.91 Å². The summed E-state index contributed by atoms with van der Waals surface area (Å²) in [7, 11) is 1.27. The van der Waals surface area contributed by atoms with E-state index >= 15 is 0 Å². The first-order chi connectivity index (χ1) is 8.19. The molecule has 0 aromatic carbocycles. The summed E-state index contributed by atoms with van der Waals surface area (Å²) in [6.45, 7) is 3.52. The Balaban J connectivity index is 2.71. The van der Waals surface area contributed by atoms with Crippen LogP contribution < -0.4 is 5.32 Å². The van der Waals surface area contributed by atoms with Gasteiger partial charge < -0.3 is 10.1 Å². The molecule has 0 aliphatic heterocycles. The van der Waals surface area contributed by atoms with Crippen LogP contribution >= 0.6 is 0 Å². The van der Waals surface area contributed by atoms with E-state index in [-0.39, 0.29) is 5.69 Å². The van der Waals surface area contributed by atoms with Crippen molar-refractivity contribution >= 4 is 11.9 Å². The molecule has 0 aliphatic carbocycles. The van der Waals surface area contributed by atoms with Gasteiger partial charge in [0.2, 0.25) is 0 Å². The van der Waals surface area contributed by atoms with Crippen LogP contribution in [0.3, 0.4) is 0 Å². The van der Waals surface area contributed by atoms with E-state index < -0.39 is 17.9 Å². The standard InChI is InChI=1S/C12H14N2O3/c1-3-6-10(12(16)17-2)14-11(15)9-7-4-5-8-13-9/h3-5,7-8,10H,1,6H2,2H3,(H,14,15)/t10-/m0/s1. The van der Waals surface area contributed by atoms with E-state index in [1.807, 2.05) is 0 Å². The molecule has 0 saturated carbocycles. The molecule has 1 atom stereocenters. The van der Waals surface area contributed by atoms with Gasteiger partial charge in [0.05, 0.1) is 7.11 Å². The summed E-state index contributed by atoms with van der Waals surface area (Å²) >= 11 is 0. The van der Waals surface area contributed by atoms with Crippen LogP contribution in [0.15, 0.2) is 37.1 Å². The number of pyridine rings is 1. The third-order valence-electron chi connectivity index (χ3n) is 2.09. The van der Waals surface area contributed by atoms with Gasteiger partial charge in [0.15, 0.2) is 0 Å². The Labute approximate surface area is 99.5 Å². The van der Waals surface area contributed by atoms with Crippen LogP contribution in [0.5, 0.6) is 0 Å². The molecule has 1 amide bonds. The molecular weight excluding hydrogens is 220 g/mol. The highest BCUT2D eigenvalue weighted by Crippen LogP contribution is 1.99. The van der Waals surface area contributed by atoms with Gasteiger partial charge in [-0.1, -0.05) is 12.1 Å². The summed E-state index contributed by atoms with van der Waals surface area (Å²) in [5.41, 5.74) is 0.255. The minimum absolute atomic E-state index is 0.255. The largest absolute Gasteiger partial charge is 0.467 e. The number of rotatable bonds is 5. The smallest absolute Gasteiger partial charge is 0.328 e. The second-order valence-corrected chi connectivity index (χ2v) is 3.29. The molecule has 0 fully saturated rings. The van der Waals surface area contributed by atoms with Crippen molar-refractivity contribution in [3.8, 4) is 0 Å². The molecule has 0 radical (unpaired) electrons. The zero-order valence-electron chi connectivity index (χ0n) is 9.55. The fourth-order valence-electron chi connectivity index (χ4n) is 1.25. The third-order valence-corrected chi connectivity index (χ3v) is 2.09. The van der Waals surface area contributed by atoms with Crippen molar-refractivity contribution in [3.63, 3.8) is 0 Å². The molecule has 0 bridgehead atoms. The summed E-state index contributed by atoms with van der Waals surface area (Å²) in [4.78, 5) is 27.0. The number of methoxy groups -OCH3 is 1. The predicted molar refractivity (Wildman–Crippen MR) is 62.3 cm³/mol. The molecule has 1 aromatic heterocycles. The first-order valence-corrected chi connectivity index (χ1v) is 5.09. The number of hydrogen-bond acceptors (Lipinski definition) is 4. The first-order valence-electron chi connectivity index (χ1n) is 5.09. The van der Waals surface area contributed by atoms with Gasteiger partial charge in [0, 0.05) is 6.20 Å². The number of ether oxygens (including phenoxy) is 1. The summed E-state index contributed by atoms with van der Waals surface area (Å²) in [5.74, 6) is -0.919. The molecule has 5 nitrogen and oxygen atoms in total. The van der Waals surface area contributed by atoms with Gasteiger partial charge >= 0.3 is 5.97 Å². The highest BCUT2D eigenvalue weighted by atomic mass is 16.5. The van der Waals surface area contributed by atoms with E-state index in [0.717, 1.165) is 0 Å². The van der Waals surface area contributed by atoms with Gasteiger partial charge in [-0.2, -0.15) is 0 Å². The highest BCUT2D eigenvalue weighted by molar-refractivity contribution is 5.95. The Kier molecular flexibility index (Phi) is 4.87. The summed E-state index contributed by atoms with van der Waals surface area (Å²) < 4.78 is 4.58. The maximum atomic E-state index is 11.7. The molecule has 1 heterocycles. The third kappa shape index (κ3) is 3.71. The van der Waals surface area contributed by atoms with Gasteiger partial charge in [-0.3, -0.25) is 9.78 Å². The van der Waals surface area contributed by atoms with Gasteiger partial charge in [0.1, 0.15) is 11.7 Å². The number of esters is 1. The Morgan fingerprint density at radius 1 is 1.59 bits per heavy atom. The van der Waals surface area contributed by atoms with Crippen molar-refractivity contribution in [2.24, 2.45) is 0 Å². The van der Waals surface area contributed by atoms with Gasteiger partial charge in [-0.05, 0) is 18.6 Å².